The lowest BCUT2D eigenvalue weighted by molar-refractivity contribution is -0.151. The van der Waals surface area contributed by atoms with Crippen molar-refractivity contribution >= 4 is 5.97 Å². The second-order valence-corrected chi connectivity index (χ2v) is 5.40. The lowest BCUT2D eigenvalue weighted by atomic mass is 9.95. The Morgan fingerprint density at radius 2 is 1.84 bits per heavy atom. The van der Waals surface area contributed by atoms with Crippen LogP contribution in [0.4, 0.5) is 0 Å². The van der Waals surface area contributed by atoms with Gasteiger partial charge in [0.1, 0.15) is 5.54 Å². The summed E-state index contributed by atoms with van der Waals surface area (Å²) in [4.78, 5) is 13.5. The zero-order valence-electron chi connectivity index (χ0n) is 12.4. The van der Waals surface area contributed by atoms with Gasteiger partial charge in [-0.1, -0.05) is 44.2 Å². The molecule has 0 saturated heterocycles. The van der Waals surface area contributed by atoms with Crippen molar-refractivity contribution in [2.45, 2.75) is 52.1 Å². The molecule has 1 aromatic carbocycles. The van der Waals surface area contributed by atoms with Crippen molar-refractivity contribution in [3.63, 3.8) is 0 Å². The summed E-state index contributed by atoms with van der Waals surface area (Å²) in [6.45, 7) is 8.45. The number of likely N-dealkylation sites (N-methyl/N-ethyl adjacent to an activating group) is 1. The molecule has 3 nitrogen and oxygen atoms in total. The highest BCUT2D eigenvalue weighted by Crippen LogP contribution is 2.22. The molecule has 0 aromatic heterocycles. The third-order valence-electron chi connectivity index (χ3n) is 3.81. The highest BCUT2D eigenvalue weighted by Gasteiger charge is 2.37. The molecule has 1 N–H and O–H groups in total. The van der Waals surface area contributed by atoms with Crippen LogP contribution in [0.1, 0.15) is 39.7 Å². The van der Waals surface area contributed by atoms with Gasteiger partial charge < -0.3 is 5.11 Å². The second kappa shape index (κ2) is 6.71. The molecule has 0 bridgehead atoms. The fourth-order valence-electron chi connectivity index (χ4n) is 2.59. The molecule has 0 saturated carbocycles. The van der Waals surface area contributed by atoms with Gasteiger partial charge in [0.05, 0.1) is 0 Å². The Balaban J connectivity index is 2.91. The lowest BCUT2D eigenvalue weighted by Crippen LogP contribution is -2.55. The number of rotatable bonds is 7. The van der Waals surface area contributed by atoms with Crippen molar-refractivity contribution in [2.24, 2.45) is 0 Å². The summed E-state index contributed by atoms with van der Waals surface area (Å²) >= 11 is 0. The first-order chi connectivity index (χ1) is 8.93. The highest BCUT2D eigenvalue weighted by atomic mass is 16.4. The predicted molar refractivity (Wildman–Crippen MR) is 78.3 cm³/mol. The van der Waals surface area contributed by atoms with E-state index in [-0.39, 0.29) is 6.04 Å². The van der Waals surface area contributed by atoms with Crippen LogP contribution in [-0.4, -0.2) is 34.1 Å². The predicted octanol–water partition coefficient (Wildman–Crippen LogP) is 3.19. The minimum Gasteiger partial charge on any atom is -0.480 e. The third kappa shape index (κ3) is 3.80. The van der Waals surface area contributed by atoms with Crippen molar-refractivity contribution in [3.05, 3.63) is 35.9 Å². The largest absolute Gasteiger partial charge is 0.480 e. The van der Waals surface area contributed by atoms with Gasteiger partial charge in [0.25, 0.3) is 0 Å². The van der Waals surface area contributed by atoms with E-state index in [4.69, 9.17) is 0 Å². The van der Waals surface area contributed by atoms with Crippen LogP contribution >= 0.6 is 0 Å². The number of carboxylic acids is 1. The second-order valence-electron chi connectivity index (χ2n) is 5.40. The van der Waals surface area contributed by atoms with E-state index in [0.29, 0.717) is 0 Å². The molecule has 1 atom stereocenters. The van der Waals surface area contributed by atoms with Crippen LogP contribution in [-0.2, 0) is 11.2 Å². The summed E-state index contributed by atoms with van der Waals surface area (Å²) in [7, 11) is 0. The number of hydrogen-bond acceptors (Lipinski definition) is 2. The molecule has 0 aliphatic rings. The van der Waals surface area contributed by atoms with Crippen LogP contribution in [0, 0.1) is 0 Å². The molecule has 0 amide bonds. The molecular weight excluding hydrogens is 238 g/mol. The van der Waals surface area contributed by atoms with Crippen LogP contribution in [0.2, 0.25) is 0 Å². The maximum atomic E-state index is 11.5. The standard InChI is InChI=1S/C16H25NO2/c1-5-14(12-13-10-8-7-9-11-13)17(6-2)16(3,4)15(18)19/h7-11,14H,5-6,12H2,1-4H3,(H,18,19). The fraction of sp³-hybridized carbons (Fsp3) is 0.562. The Labute approximate surface area is 116 Å². The van der Waals surface area contributed by atoms with Crippen LogP contribution in [0.3, 0.4) is 0 Å². The SMILES string of the molecule is CCC(Cc1ccccc1)N(CC)C(C)(C)C(=O)O. The number of nitrogens with zero attached hydrogens (tertiary/aromatic N) is 1. The summed E-state index contributed by atoms with van der Waals surface area (Å²) in [5, 5.41) is 9.41. The zero-order valence-corrected chi connectivity index (χ0v) is 12.4. The molecule has 0 spiro atoms. The van der Waals surface area contributed by atoms with Crippen molar-refractivity contribution in [2.75, 3.05) is 6.54 Å². The van der Waals surface area contributed by atoms with E-state index < -0.39 is 11.5 Å². The molecule has 0 radical (unpaired) electrons. The average Bonchev–Trinajstić information content (AvgIpc) is 2.39. The van der Waals surface area contributed by atoms with Crippen LogP contribution in [0.5, 0.6) is 0 Å². The Bertz CT molecular complexity index is 400. The van der Waals surface area contributed by atoms with E-state index in [1.807, 2.05) is 25.1 Å². The fourth-order valence-corrected chi connectivity index (χ4v) is 2.59. The van der Waals surface area contributed by atoms with Gasteiger partial charge in [-0.3, -0.25) is 9.69 Å². The van der Waals surface area contributed by atoms with Crippen LogP contribution < -0.4 is 0 Å². The van der Waals surface area contributed by atoms with Crippen molar-refractivity contribution in [1.29, 1.82) is 0 Å². The van der Waals surface area contributed by atoms with Gasteiger partial charge in [-0.25, -0.2) is 0 Å². The van der Waals surface area contributed by atoms with Gasteiger partial charge in [0.15, 0.2) is 0 Å². The maximum Gasteiger partial charge on any atom is 0.323 e. The van der Waals surface area contributed by atoms with E-state index in [1.54, 1.807) is 13.8 Å². The first-order valence-electron chi connectivity index (χ1n) is 6.97. The molecule has 0 aliphatic heterocycles. The molecular formula is C16H25NO2. The molecule has 1 unspecified atom stereocenters. The monoisotopic (exact) mass is 263 g/mol. The molecule has 3 heteroatoms. The molecule has 1 rings (SSSR count). The highest BCUT2D eigenvalue weighted by molar-refractivity contribution is 5.77. The van der Waals surface area contributed by atoms with Crippen LogP contribution in [0.25, 0.3) is 0 Å². The number of carboxylic acid groups (broad SMARTS) is 1. The van der Waals surface area contributed by atoms with Gasteiger partial charge in [-0.15, -0.1) is 0 Å². The van der Waals surface area contributed by atoms with Crippen LogP contribution in [0.15, 0.2) is 30.3 Å². The summed E-state index contributed by atoms with van der Waals surface area (Å²) < 4.78 is 0. The van der Waals surface area contributed by atoms with Gasteiger partial charge in [0.2, 0.25) is 0 Å². The molecule has 0 fully saturated rings. The first kappa shape index (κ1) is 15.7. The van der Waals surface area contributed by atoms with Crippen molar-refractivity contribution in [3.8, 4) is 0 Å². The number of benzene rings is 1. The molecule has 19 heavy (non-hydrogen) atoms. The summed E-state index contributed by atoms with van der Waals surface area (Å²) in [6.07, 6.45) is 1.83. The van der Waals surface area contributed by atoms with E-state index in [2.05, 4.69) is 24.0 Å². The third-order valence-corrected chi connectivity index (χ3v) is 3.81. The Morgan fingerprint density at radius 3 is 2.26 bits per heavy atom. The van der Waals surface area contributed by atoms with Gasteiger partial charge in [-0.05, 0) is 38.8 Å². The Hall–Kier alpha value is -1.35. The van der Waals surface area contributed by atoms with Crippen molar-refractivity contribution in [1.82, 2.24) is 4.90 Å². The average molecular weight is 263 g/mol. The molecule has 106 valence electrons. The van der Waals surface area contributed by atoms with Gasteiger partial charge in [-0.2, -0.15) is 0 Å². The first-order valence-corrected chi connectivity index (χ1v) is 6.97. The molecule has 0 aliphatic carbocycles. The quantitative estimate of drug-likeness (QED) is 0.821. The number of hydrogen-bond donors (Lipinski definition) is 1. The maximum absolute atomic E-state index is 11.5. The van der Waals surface area contributed by atoms with Crippen molar-refractivity contribution < 1.29 is 9.90 Å². The molecule has 1 aromatic rings. The summed E-state index contributed by atoms with van der Waals surface area (Å²) in [5.41, 5.74) is 0.429. The summed E-state index contributed by atoms with van der Waals surface area (Å²) in [5.74, 6) is -0.763. The molecule has 0 heterocycles. The summed E-state index contributed by atoms with van der Waals surface area (Å²) in [6, 6.07) is 10.5. The smallest absolute Gasteiger partial charge is 0.323 e. The minimum atomic E-state index is -0.829. The topological polar surface area (TPSA) is 40.5 Å². The van der Waals surface area contributed by atoms with E-state index in [9.17, 15) is 9.90 Å². The number of carbonyl (C=O) groups is 1. The van der Waals surface area contributed by atoms with E-state index >= 15 is 0 Å². The normalized spacial score (nSPS) is 13.5. The zero-order chi connectivity index (χ0) is 14.5. The number of aliphatic carboxylic acids is 1. The van der Waals surface area contributed by atoms with Gasteiger partial charge in [0, 0.05) is 6.04 Å². The Morgan fingerprint density at radius 1 is 1.26 bits per heavy atom. The van der Waals surface area contributed by atoms with E-state index in [0.717, 1.165) is 19.4 Å². The van der Waals surface area contributed by atoms with Gasteiger partial charge >= 0.3 is 5.97 Å². The Kier molecular flexibility index (Phi) is 5.55. The minimum absolute atomic E-state index is 0.249. The van der Waals surface area contributed by atoms with E-state index in [1.165, 1.54) is 5.56 Å². The lowest BCUT2D eigenvalue weighted by Gasteiger charge is -2.40.